The quantitative estimate of drug-likeness (QED) is 0.257. The van der Waals surface area contributed by atoms with Crippen LogP contribution in [0.1, 0.15) is 21.5 Å². The molecule has 0 bridgehead atoms. The van der Waals surface area contributed by atoms with Crippen molar-refractivity contribution in [1.29, 1.82) is 0 Å². The monoisotopic (exact) mass is 475 g/mol. The van der Waals surface area contributed by atoms with E-state index in [4.69, 9.17) is 4.74 Å². The number of carbonyl (C=O) groups is 2. The summed E-state index contributed by atoms with van der Waals surface area (Å²) in [6.07, 6.45) is -0.145. The van der Waals surface area contributed by atoms with Gasteiger partial charge in [-0.05, 0) is 66.1 Å². The van der Waals surface area contributed by atoms with E-state index in [1.165, 1.54) is 48.5 Å². The number of esters is 1. The first-order valence-corrected chi connectivity index (χ1v) is 10.7. The smallest absolute Gasteiger partial charge is 0.315 e. The van der Waals surface area contributed by atoms with Crippen LogP contribution >= 0.6 is 0 Å². The third kappa shape index (κ3) is 5.76. The van der Waals surface area contributed by atoms with Gasteiger partial charge in [0.2, 0.25) is 0 Å². The normalized spacial score (nSPS) is 10.6. The fraction of sp³-hybridized carbons (Fsp3) is 0.0714. The molecule has 0 radical (unpaired) electrons. The SMILES string of the molecule is Cc1ccccc1NC(=O)c1cc(-c2ccc(F)cc2F)ccc1OC(=O)Cc1ccc(F)cc1. The highest BCUT2D eigenvalue weighted by Crippen LogP contribution is 2.30. The maximum Gasteiger partial charge on any atom is 0.315 e. The van der Waals surface area contributed by atoms with Crippen LogP contribution in [0.25, 0.3) is 11.1 Å². The average Bonchev–Trinajstić information content (AvgIpc) is 2.82. The number of anilines is 1. The molecule has 0 saturated carbocycles. The number of amides is 1. The largest absolute Gasteiger partial charge is 0.425 e. The van der Waals surface area contributed by atoms with Gasteiger partial charge in [0.15, 0.2) is 0 Å². The molecule has 4 aromatic rings. The lowest BCUT2D eigenvalue weighted by atomic mass is 10.0. The summed E-state index contributed by atoms with van der Waals surface area (Å²) in [5.74, 6) is -3.22. The van der Waals surface area contributed by atoms with Crippen molar-refractivity contribution in [1.82, 2.24) is 0 Å². The molecular formula is C28H20F3NO3. The van der Waals surface area contributed by atoms with Crippen molar-refractivity contribution in [2.75, 3.05) is 5.32 Å². The summed E-state index contributed by atoms with van der Waals surface area (Å²) >= 11 is 0. The molecule has 4 rings (SSSR count). The van der Waals surface area contributed by atoms with Crippen LogP contribution in [0.15, 0.2) is 84.9 Å². The summed E-state index contributed by atoms with van der Waals surface area (Å²) in [6.45, 7) is 1.82. The van der Waals surface area contributed by atoms with Crippen LogP contribution < -0.4 is 10.1 Å². The zero-order valence-corrected chi connectivity index (χ0v) is 18.6. The highest BCUT2D eigenvalue weighted by Gasteiger charge is 2.19. The minimum absolute atomic E-state index is 0.0121. The first-order chi connectivity index (χ1) is 16.8. The number of hydrogen-bond donors (Lipinski definition) is 1. The Morgan fingerprint density at radius 3 is 2.26 bits per heavy atom. The molecule has 4 aromatic carbocycles. The van der Waals surface area contributed by atoms with Crippen LogP contribution in [0.5, 0.6) is 5.75 Å². The second kappa shape index (κ2) is 10.3. The van der Waals surface area contributed by atoms with E-state index in [2.05, 4.69) is 5.32 Å². The Labute approximate surface area is 200 Å². The van der Waals surface area contributed by atoms with Crippen LogP contribution in [0.3, 0.4) is 0 Å². The first-order valence-electron chi connectivity index (χ1n) is 10.7. The number of ether oxygens (including phenoxy) is 1. The van der Waals surface area contributed by atoms with E-state index in [0.29, 0.717) is 16.8 Å². The van der Waals surface area contributed by atoms with Gasteiger partial charge in [-0.25, -0.2) is 13.2 Å². The van der Waals surface area contributed by atoms with Crippen molar-refractivity contribution in [2.45, 2.75) is 13.3 Å². The molecule has 4 nitrogen and oxygen atoms in total. The third-order valence-corrected chi connectivity index (χ3v) is 5.35. The highest BCUT2D eigenvalue weighted by molar-refractivity contribution is 6.07. The van der Waals surface area contributed by atoms with Crippen molar-refractivity contribution < 1.29 is 27.5 Å². The Bertz CT molecular complexity index is 1400. The molecule has 0 spiro atoms. The van der Waals surface area contributed by atoms with E-state index in [0.717, 1.165) is 17.7 Å². The third-order valence-electron chi connectivity index (χ3n) is 5.35. The lowest BCUT2D eigenvalue weighted by molar-refractivity contribution is -0.133. The molecule has 7 heteroatoms. The van der Waals surface area contributed by atoms with E-state index >= 15 is 0 Å². The molecule has 0 atom stereocenters. The van der Waals surface area contributed by atoms with Gasteiger partial charge in [-0.3, -0.25) is 9.59 Å². The fourth-order valence-corrected chi connectivity index (χ4v) is 3.52. The zero-order valence-electron chi connectivity index (χ0n) is 18.6. The van der Waals surface area contributed by atoms with Crippen molar-refractivity contribution in [2.24, 2.45) is 0 Å². The van der Waals surface area contributed by atoms with Gasteiger partial charge in [-0.15, -0.1) is 0 Å². The van der Waals surface area contributed by atoms with Crippen LogP contribution in [0.4, 0.5) is 18.9 Å². The fourth-order valence-electron chi connectivity index (χ4n) is 3.52. The number of rotatable bonds is 6. The van der Waals surface area contributed by atoms with Crippen molar-refractivity contribution in [3.05, 3.63) is 119 Å². The van der Waals surface area contributed by atoms with Gasteiger partial charge in [0.05, 0.1) is 12.0 Å². The lowest BCUT2D eigenvalue weighted by Gasteiger charge is -2.14. The van der Waals surface area contributed by atoms with Gasteiger partial charge in [-0.2, -0.15) is 0 Å². The Hall–Kier alpha value is -4.39. The Morgan fingerprint density at radius 2 is 1.54 bits per heavy atom. The molecule has 0 heterocycles. The predicted molar refractivity (Wildman–Crippen MR) is 127 cm³/mol. The number of halogens is 3. The number of aryl methyl sites for hydroxylation is 1. The second-order valence-corrected chi connectivity index (χ2v) is 7.88. The van der Waals surface area contributed by atoms with E-state index in [1.807, 2.05) is 19.1 Å². The average molecular weight is 475 g/mol. The molecule has 0 fully saturated rings. The summed E-state index contributed by atoms with van der Waals surface area (Å²) in [4.78, 5) is 25.7. The molecular weight excluding hydrogens is 455 g/mol. The van der Waals surface area contributed by atoms with Gasteiger partial charge < -0.3 is 10.1 Å². The van der Waals surface area contributed by atoms with Crippen LogP contribution in [-0.2, 0) is 11.2 Å². The summed E-state index contributed by atoms with van der Waals surface area (Å²) in [5.41, 5.74) is 2.28. The van der Waals surface area contributed by atoms with Gasteiger partial charge in [0, 0.05) is 17.3 Å². The molecule has 0 aliphatic carbocycles. The Morgan fingerprint density at radius 1 is 0.829 bits per heavy atom. The molecule has 1 N–H and O–H groups in total. The van der Waals surface area contributed by atoms with Crippen molar-refractivity contribution in [3.63, 3.8) is 0 Å². The molecule has 0 aliphatic heterocycles. The van der Waals surface area contributed by atoms with E-state index in [9.17, 15) is 22.8 Å². The minimum atomic E-state index is -0.795. The Balaban J connectivity index is 1.67. The number of para-hydroxylation sites is 1. The van der Waals surface area contributed by atoms with Crippen LogP contribution in [-0.4, -0.2) is 11.9 Å². The summed E-state index contributed by atoms with van der Waals surface area (Å²) in [7, 11) is 0. The van der Waals surface area contributed by atoms with E-state index < -0.39 is 29.3 Å². The van der Waals surface area contributed by atoms with E-state index in [-0.39, 0.29) is 23.3 Å². The maximum absolute atomic E-state index is 14.4. The molecule has 0 aliphatic rings. The first kappa shape index (κ1) is 23.8. The van der Waals surface area contributed by atoms with Crippen LogP contribution in [0.2, 0.25) is 0 Å². The molecule has 35 heavy (non-hydrogen) atoms. The molecule has 0 aromatic heterocycles. The maximum atomic E-state index is 14.4. The van der Waals surface area contributed by atoms with Crippen molar-refractivity contribution in [3.8, 4) is 16.9 Å². The predicted octanol–water partition coefficient (Wildman–Crippen LogP) is 6.48. The standard InChI is InChI=1S/C28H20F3NO3/c1-17-4-2-3-5-25(17)32-28(34)23-15-19(22-12-11-21(30)16-24(22)31)8-13-26(23)35-27(33)14-18-6-9-20(29)10-7-18/h2-13,15-16H,14H2,1H3,(H,32,34). The summed E-state index contributed by atoms with van der Waals surface area (Å²) in [6, 6.07) is 19.9. The molecule has 176 valence electrons. The zero-order chi connectivity index (χ0) is 24.9. The molecule has 0 unspecified atom stereocenters. The number of hydrogen-bond acceptors (Lipinski definition) is 3. The summed E-state index contributed by atoms with van der Waals surface area (Å²) < 4.78 is 46.4. The lowest BCUT2D eigenvalue weighted by Crippen LogP contribution is -2.17. The van der Waals surface area contributed by atoms with Gasteiger partial charge in [-0.1, -0.05) is 36.4 Å². The number of nitrogens with one attached hydrogen (secondary N) is 1. The van der Waals surface area contributed by atoms with Crippen LogP contribution in [0, 0.1) is 24.4 Å². The van der Waals surface area contributed by atoms with Gasteiger partial charge in [0.25, 0.3) is 5.91 Å². The number of benzene rings is 4. The van der Waals surface area contributed by atoms with E-state index in [1.54, 1.807) is 12.1 Å². The number of carbonyl (C=O) groups excluding carboxylic acids is 2. The van der Waals surface area contributed by atoms with Crippen molar-refractivity contribution >= 4 is 17.6 Å². The molecule has 1 amide bonds. The second-order valence-electron chi connectivity index (χ2n) is 7.88. The highest BCUT2D eigenvalue weighted by atomic mass is 19.1. The molecule has 0 saturated heterocycles. The topological polar surface area (TPSA) is 55.4 Å². The summed E-state index contributed by atoms with van der Waals surface area (Å²) in [5, 5.41) is 2.77. The minimum Gasteiger partial charge on any atom is -0.425 e. The van der Waals surface area contributed by atoms with Gasteiger partial charge >= 0.3 is 5.97 Å². The Kier molecular flexibility index (Phi) is 6.96. The van der Waals surface area contributed by atoms with Gasteiger partial charge in [0.1, 0.15) is 23.2 Å².